The zero-order valence-corrected chi connectivity index (χ0v) is 28.5. The van der Waals surface area contributed by atoms with Crippen LogP contribution < -0.4 is 10.6 Å². The van der Waals surface area contributed by atoms with Crippen LogP contribution in [0.4, 0.5) is 4.79 Å². The normalized spacial score (nSPS) is 15.1. The molecule has 0 aliphatic rings. The van der Waals surface area contributed by atoms with Gasteiger partial charge in [0.1, 0.15) is 12.1 Å². The topological polar surface area (TPSA) is 152 Å². The first-order valence-corrected chi connectivity index (χ1v) is 15.9. The lowest BCUT2D eigenvalue weighted by Gasteiger charge is -2.37. The number of aliphatic hydroxyl groups excluding tert-OH is 2. The Balaban J connectivity index is 1.93. The Hall–Kier alpha value is -4.28. The van der Waals surface area contributed by atoms with Crippen molar-refractivity contribution in [2.75, 3.05) is 7.05 Å². The second-order valence-corrected chi connectivity index (χ2v) is 14.4. The number of nitrogens with one attached hydrogen (secondary N) is 2. The number of pyridine rings is 1. The smallest absolute Gasteiger partial charge is 0.407 e. The minimum absolute atomic E-state index is 0.0464. The van der Waals surface area contributed by atoms with Crippen molar-refractivity contribution in [2.24, 2.45) is 10.8 Å². The number of carboxylic acid groups (broad SMARTS) is 1. The van der Waals surface area contributed by atoms with Crippen molar-refractivity contribution in [3.05, 3.63) is 90.1 Å². The number of carbonyl (C=O) groups is 3. The van der Waals surface area contributed by atoms with E-state index >= 15 is 0 Å². The number of likely N-dealkylation sites (N-methyl/N-ethyl adjacent to an activating group) is 1. The molecule has 0 unspecified atom stereocenters. The molecule has 5 atom stereocenters. The summed E-state index contributed by atoms with van der Waals surface area (Å²) in [5.41, 5.74) is 2.06. The number of hydrogen-bond acceptors (Lipinski definition) is 6. The second kappa shape index (κ2) is 16.0. The Morgan fingerprint density at radius 2 is 1.36 bits per heavy atom. The summed E-state index contributed by atoms with van der Waals surface area (Å²) in [6.45, 7) is 10.6. The number of aliphatic hydroxyl groups is 2. The third kappa shape index (κ3) is 10.9. The van der Waals surface area contributed by atoms with Gasteiger partial charge in [-0.05, 0) is 53.4 Å². The molecule has 10 nitrogen and oxygen atoms in total. The monoisotopic (exact) mass is 646 g/mol. The summed E-state index contributed by atoms with van der Waals surface area (Å²) < 4.78 is 0. The average molecular weight is 647 g/mol. The largest absolute Gasteiger partial charge is 0.465 e. The predicted octanol–water partition coefficient (Wildman–Crippen LogP) is 4.69. The van der Waals surface area contributed by atoms with Gasteiger partial charge in [0.25, 0.3) is 0 Å². The molecule has 0 aliphatic heterocycles. The van der Waals surface area contributed by atoms with Crippen LogP contribution in [0.15, 0.2) is 79.0 Å². The van der Waals surface area contributed by atoms with Gasteiger partial charge in [-0.2, -0.15) is 0 Å². The molecule has 5 N–H and O–H groups in total. The molecule has 10 heteroatoms. The van der Waals surface area contributed by atoms with E-state index in [4.69, 9.17) is 0 Å². The van der Waals surface area contributed by atoms with E-state index in [1.807, 2.05) is 72.8 Å². The fraction of sp³-hybridized carbons (Fsp3) is 0.459. The highest BCUT2D eigenvalue weighted by molar-refractivity contribution is 5.86. The number of aromatic nitrogens is 1. The fourth-order valence-electron chi connectivity index (χ4n) is 5.63. The Labute approximate surface area is 278 Å². The van der Waals surface area contributed by atoms with Crippen LogP contribution in [0.3, 0.4) is 0 Å². The zero-order chi connectivity index (χ0) is 34.9. The molecule has 0 radical (unpaired) electrons. The molecule has 0 aliphatic carbocycles. The lowest BCUT2D eigenvalue weighted by molar-refractivity contribution is -0.136. The van der Waals surface area contributed by atoms with E-state index in [1.54, 1.807) is 47.7 Å². The second-order valence-electron chi connectivity index (χ2n) is 14.4. The maximum absolute atomic E-state index is 13.8. The summed E-state index contributed by atoms with van der Waals surface area (Å²) >= 11 is 0. The van der Waals surface area contributed by atoms with Crippen molar-refractivity contribution in [2.45, 2.75) is 91.1 Å². The Kier molecular flexibility index (Phi) is 12.7. The predicted molar refractivity (Wildman–Crippen MR) is 183 cm³/mol. The summed E-state index contributed by atoms with van der Waals surface area (Å²) in [4.78, 5) is 44.2. The van der Waals surface area contributed by atoms with Crippen molar-refractivity contribution >= 4 is 17.9 Å². The molecule has 3 aromatic rings. The van der Waals surface area contributed by atoms with E-state index in [2.05, 4.69) is 15.6 Å². The molecule has 3 amide bonds. The van der Waals surface area contributed by atoms with Crippen LogP contribution >= 0.6 is 0 Å². The number of hydrogen-bond donors (Lipinski definition) is 5. The molecule has 2 aromatic carbocycles. The van der Waals surface area contributed by atoms with Gasteiger partial charge in [0, 0.05) is 24.8 Å². The fourth-order valence-corrected chi connectivity index (χ4v) is 5.63. The molecule has 3 rings (SSSR count). The number of carbonyl (C=O) groups excluding carboxylic acids is 2. The molecule has 1 aromatic heterocycles. The molecule has 1 heterocycles. The zero-order valence-electron chi connectivity index (χ0n) is 28.5. The molecular weight excluding hydrogens is 596 g/mol. The molecular formula is C37H50N4O6. The van der Waals surface area contributed by atoms with Gasteiger partial charge in [0.05, 0.1) is 17.8 Å². The van der Waals surface area contributed by atoms with Gasteiger partial charge in [-0.1, -0.05) is 102 Å². The van der Waals surface area contributed by atoms with Crippen LogP contribution in [0.5, 0.6) is 0 Å². The van der Waals surface area contributed by atoms with Gasteiger partial charge in [0.2, 0.25) is 11.8 Å². The SMILES string of the molecule is CN(C(=O)O)[C@H](C(=O)N[C@@H](Cc1ccc(-c2ccccn2)cc1)C[C@H](O)[C@H](Cc1ccccc1)NC(=O)[C@@H](O)C(C)(C)C)C(C)(C)C. The highest BCUT2D eigenvalue weighted by Crippen LogP contribution is 2.26. The van der Waals surface area contributed by atoms with Crippen molar-refractivity contribution in [3.8, 4) is 11.3 Å². The van der Waals surface area contributed by atoms with Crippen molar-refractivity contribution in [3.63, 3.8) is 0 Å². The Morgan fingerprint density at radius 1 is 0.766 bits per heavy atom. The van der Waals surface area contributed by atoms with E-state index in [-0.39, 0.29) is 12.8 Å². The van der Waals surface area contributed by atoms with Crippen LogP contribution in [0.2, 0.25) is 0 Å². The lowest BCUT2D eigenvalue weighted by Crippen LogP contribution is -2.57. The van der Waals surface area contributed by atoms with Crippen LogP contribution in [-0.4, -0.2) is 80.5 Å². The lowest BCUT2D eigenvalue weighted by atomic mass is 9.84. The summed E-state index contributed by atoms with van der Waals surface area (Å²) in [6.07, 6.45) is -1.28. The maximum Gasteiger partial charge on any atom is 0.407 e. The van der Waals surface area contributed by atoms with Gasteiger partial charge >= 0.3 is 6.09 Å². The molecule has 0 saturated heterocycles. The molecule has 0 fully saturated rings. The summed E-state index contributed by atoms with van der Waals surface area (Å²) in [5, 5.41) is 38.0. The van der Waals surface area contributed by atoms with Gasteiger partial charge in [0.15, 0.2) is 0 Å². The third-order valence-corrected chi connectivity index (χ3v) is 8.19. The van der Waals surface area contributed by atoms with E-state index in [9.17, 15) is 29.7 Å². The van der Waals surface area contributed by atoms with Gasteiger partial charge < -0.3 is 26.0 Å². The number of benzene rings is 2. The van der Waals surface area contributed by atoms with Crippen molar-refractivity contribution in [1.29, 1.82) is 0 Å². The van der Waals surface area contributed by atoms with Gasteiger partial charge in [-0.25, -0.2) is 4.79 Å². The first-order chi connectivity index (χ1) is 22.0. The van der Waals surface area contributed by atoms with Crippen LogP contribution in [-0.2, 0) is 22.4 Å². The van der Waals surface area contributed by atoms with E-state index in [0.717, 1.165) is 27.3 Å². The Morgan fingerprint density at radius 3 is 1.89 bits per heavy atom. The molecule has 254 valence electrons. The average Bonchev–Trinajstić information content (AvgIpc) is 3.00. The van der Waals surface area contributed by atoms with E-state index < -0.39 is 59.1 Å². The minimum Gasteiger partial charge on any atom is -0.465 e. The van der Waals surface area contributed by atoms with Crippen LogP contribution in [0.1, 0.15) is 59.1 Å². The van der Waals surface area contributed by atoms with E-state index in [0.29, 0.717) is 6.42 Å². The van der Waals surface area contributed by atoms with Crippen LogP contribution in [0.25, 0.3) is 11.3 Å². The number of amides is 3. The quantitative estimate of drug-likeness (QED) is 0.181. The highest BCUT2D eigenvalue weighted by Gasteiger charge is 2.39. The van der Waals surface area contributed by atoms with Gasteiger partial charge in [-0.3, -0.25) is 19.5 Å². The first kappa shape index (κ1) is 37.2. The van der Waals surface area contributed by atoms with E-state index in [1.165, 1.54) is 7.05 Å². The highest BCUT2D eigenvalue weighted by atomic mass is 16.4. The summed E-state index contributed by atoms with van der Waals surface area (Å²) in [5.74, 6) is -1.09. The van der Waals surface area contributed by atoms with Crippen molar-refractivity contribution in [1.82, 2.24) is 20.5 Å². The first-order valence-electron chi connectivity index (χ1n) is 15.9. The standard InChI is InChI=1S/C37H50N4O6/c1-36(2,3)31(41(7)35(46)47)33(44)39-27(21-25-16-18-26(19-17-25)28-15-11-12-20-38-28)23-30(42)29(22-24-13-9-8-10-14-24)40-34(45)32(43)37(4,5)6/h8-20,27,29-32,42-43H,21-23H2,1-7H3,(H,39,44)(H,40,45)(H,46,47)/t27-,29-,30-,31+,32+/m0/s1. The maximum atomic E-state index is 13.8. The molecule has 0 bridgehead atoms. The van der Waals surface area contributed by atoms with Gasteiger partial charge in [-0.15, -0.1) is 0 Å². The minimum atomic E-state index is -1.31. The molecule has 0 spiro atoms. The summed E-state index contributed by atoms with van der Waals surface area (Å²) in [7, 11) is 1.37. The number of rotatable bonds is 13. The molecule has 47 heavy (non-hydrogen) atoms. The molecule has 0 saturated carbocycles. The number of nitrogens with zero attached hydrogens (tertiary/aromatic N) is 2. The third-order valence-electron chi connectivity index (χ3n) is 8.19. The van der Waals surface area contributed by atoms with Crippen molar-refractivity contribution < 1.29 is 29.7 Å². The summed E-state index contributed by atoms with van der Waals surface area (Å²) in [6, 6.07) is 20.4. The van der Waals surface area contributed by atoms with Crippen LogP contribution in [0, 0.1) is 10.8 Å². The Bertz CT molecular complexity index is 1450.